The number of nitrogens with zero attached hydrogens (tertiary/aromatic N) is 3. The Morgan fingerprint density at radius 3 is 2.70 bits per heavy atom. The fourth-order valence-corrected chi connectivity index (χ4v) is 3.22. The van der Waals surface area contributed by atoms with Gasteiger partial charge in [-0.2, -0.15) is 13.2 Å². The first-order valence-electron chi connectivity index (χ1n) is 9.31. The monoisotopic (exact) mass is 385 g/mol. The highest BCUT2D eigenvalue weighted by atomic mass is 19.4. The molecule has 0 aliphatic carbocycles. The lowest BCUT2D eigenvalue weighted by molar-refractivity contribution is -0.143. The minimum Gasteiger partial charge on any atom is -0.357 e. The van der Waals surface area contributed by atoms with Crippen molar-refractivity contribution < 1.29 is 13.2 Å². The third-order valence-corrected chi connectivity index (χ3v) is 4.27. The van der Waals surface area contributed by atoms with Crippen molar-refractivity contribution in [2.75, 3.05) is 40.3 Å². The van der Waals surface area contributed by atoms with Crippen molar-refractivity contribution in [2.45, 2.75) is 38.7 Å². The van der Waals surface area contributed by atoms with Crippen molar-refractivity contribution in [3.05, 3.63) is 35.4 Å². The molecule has 0 saturated carbocycles. The molecule has 8 heteroatoms. The van der Waals surface area contributed by atoms with Crippen molar-refractivity contribution in [3.8, 4) is 0 Å². The maximum absolute atomic E-state index is 12.5. The minimum atomic E-state index is -4.15. The summed E-state index contributed by atoms with van der Waals surface area (Å²) in [5, 5.41) is 6.45. The van der Waals surface area contributed by atoms with Gasteiger partial charge in [-0.05, 0) is 38.6 Å². The average molecular weight is 385 g/mol. The van der Waals surface area contributed by atoms with E-state index in [4.69, 9.17) is 0 Å². The molecule has 152 valence electrons. The van der Waals surface area contributed by atoms with Gasteiger partial charge in [0.25, 0.3) is 0 Å². The fourth-order valence-electron chi connectivity index (χ4n) is 3.22. The second kappa shape index (κ2) is 9.94. The lowest BCUT2D eigenvalue weighted by Crippen LogP contribution is -2.45. The number of hydrogen-bond acceptors (Lipinski definition) is 3. The van der Waals surface area contributed by atoms with Gasteiger partial charge in [-0.1, -0.05) is 24.3 Å². The summed E-state index contributed by atoms with van der Waals surface area (Å²) in [6, 6.07) is 8.26. The maximum Gasteiger partial charge on any atom is 0.401 e. The van der Waals surface area contributed by atoms with Crippen molar-refractivity contribution in [1.82, 2.24) is 20.4 Å². The summed E-state index contributed by atoms with van der Waals surface area (Å²) in [7, 11) is 4.06. The molecule has 0 amide bonds. The van der Waals surface area contributed by atoms with Crippen LogP contribution in [0.25, 0.3) is 0 Å². The van der Waals surface area contributed by atoms with Gasteiger partial charge in [-0.15, -0.1) is 0 Å². The standard InChI is InChI=1S/C19H30F3N5/c1-4-23-18(25-17-8-9-27(13-17)14-19(20,21)22)24-11-15-6-5-7-16(10-15)12-26(2)3/h5-7,10,17H,4,8-9,11-14H2,1-3H3,(H2,23,24,25). The van der Waals surface area contributed by atoms with Gasteiger partial charge < -0.3 is 15.5 Å². The van der Waals surface area contributed by atoms with Gasteiger partial charge in [-0.25, -0.2) is 4.99 Å². The van der Waals surface area contributed by atoms with Crippen LogP contribution < -0.4 is 10.6 Å². The first-order valence-corrected chi connectivity index (χ1v) is 9.31. The van der Waals surface area contributed by atoms with Gasteiger partial charge in [-0.3, -0.25) is 4.90 Å². The summed E-state index contributed by atoms with van der Waals surface area (Å²) in [6.07, 6.45) is -3.47. The highest BCUT2D eigenvalue weighted by Gasteiger charge is 2.34. The predicted octanol–water partition coefficient (Wildman–Crippen LogP) is 2.44. The van der Waals surface area contributed by atoms with E-state index in [2.05, 4.69) is 32.7 Å². The molecule has 2 N–H and O–H groups in total. The van der Waals surface area contributed by atoms with Gasteiger partial charge in [0.2, 0.25) is 0 Å². The van der Waals surface area contributed by atoms with E-state index < -0.39 is 12.7 Å². The van der Waals surface area contributed by atoms with Crippen LogP contribution in [0.2, 0.25) is 0 Å². The van der Waals surface area contributed by atoms with E-state index in [9.17, 15) is 13.2 Å². The van der Waals surface area contributed by atoms with E-state index in [1.54, 1.807) is 0 Å². The number of nitrogens with one attached hydrogen (secondary N) is 2. The highest BCUT2D eigenvalue weighted by molar-refractivity contribution is 5.80. The molecular formula is C19H30F3N5. The molecule has 1 aromatic rings. The molecule has 1 fully saturated rings. The lowest BCUT2D eigenvalue weighted by atomic mass is 10.1. The summed E-state index contributed by atoms with van der Waals surface area (Å²) in [6.45, 7) is 4.04. The highest BCUT2D eigenvalue weighted by Crippen LogP contribution is 2.20. The predicted molar refractivity (Wildman–Crippen MR) is 103 cm³/mol. The van der Waals surface area contributed by atoms with Crippen LogP contribution in [0.1, 0.15) is 24.5 Å². The number of rotatable bonds is 7. The molecule has 1 aromatic carbocycles. The van der Waals surface area contributed by atoms with Crippen LogP contribution >= 0.6 is 0 Å². The summed E-state index contributed by atoms with van der Waals surface area (Å²) in [5.41, 5.74) is 2.33. The largest absolute Gasteiger partial charge is 0.401 e. The second-order valence-corrected chi connectivity index (χ2v) is 7.23. The average Bonchev–Trinajstić information content (AvgIpc) is 2.97. The molecule has 1 unspecified atom stereocenters. The third-order valence-electron chi connectivity index (χ3n) is 4.27. The van der Waals surface area contributed by atoms with Crippen LogP contribution in [0.15, 0.2) is 29.3 Å². The van der Waals surface area contributed by atoms with Gasteiger partial charge in [0.05, 0.1) is 13.1 Å². The van der Waals surface area contributed by atoms with Crippen molar-refractivity contribution in [2.24, 2.45) is 4.99 Å². The normalized spacial score (nSPS) is 18.9. The molecule has 2 rings (SSSR count). The zero-order valence-electron chi connectivity index (χ0n) is 16.3. The number of halogens is 3. The Morgan fingerprint density at radius 2 is 2.04 bits per heavy atom. The fraction of sp³-hybridized carbons (Fsp3) is 0.632. The van der Waals surface area contributed by atoms with Crippen molar-refractivity contribution in [3.63, 3.8) is 0 Å². The molecule has 0 spiro atoms. The molecule has 1 aliphatic heterocycles. The summed E-state index contributed by atoms with van der Waals surface area (Å²) >= 11 is 0. The second-order valence-electron chi connectivity index (χ2n) is 7.23. The molecule has 0 bridgehead atoms. The quantitative estimate of drug-likeness (QED) is 0.559. The number of guanidine groups is 1. The Kier molecular flexibility index (Phi) is 7.91. The Labute approximate surface area is 159 Å². The zero-order valence-corrected chi connectivity index (χ0v) is 16.3. The topological polar surface area (TPSA) is 42.9 Å². The Balaban J connectivity index is 1.93. The molecule has 1 aliphatic rings. The number of benzene rings is 1. The van der Waals surface area contributed by atoms with Crippen LogP contribution in [0.5, 0.6) is 0 Å². The number of aliphatic imine (C=N–C) groups is 1. The summed E-state index contributed by atoms with van der Waals surface area (Å²) in [5.74, 6) is 0.648. The summed E-state index contributed by atoms with van der Waals surface area (Å²) in [4.78, 5) is 8.16. The van der Waals surface area contributed by atoms with Crippen molar-refractivity contribution >= 4 is 5.96 Å². The Bertz CT molecular complexity index is 616. The number of hydrogen-bond donors (Lipinski definition) is 2. The first kappa shape index (κ1) is 21.5. The molecule has 1 heterocycles. The molecule has 0 aromatic heterocycles. The van der Waals surface area contributed by atoms with E-state index in [0.717, 1.165) is 12.1 Å². The Hall–Kier alpha value is -1.80. The van der Waals surface area contributed by atoms with Crippen LogP contribution in [0, 0.1) is 0 Å². The van der Waals surface area contributed by atoms with Gasteiger partial charge >= 0.3 is 6.18 Å². The van der Waals surface area contributed by atoms with E-state index in [1.165, 1.54) is 10.5 Å². The smallest absolute Gasteiger partial charge is 0.357 e. The van der Waals surface area contributed by atoms with E-state index >= 15 is 0 Å². The molecule has 0 radical (unpaired) electrons. The maximum atomic E-state index is 12.5. The van der Waals surface area contributed by atoms with Gasteiger partial charge in [0, 0.05) is 32.2 Å². The van der Waals surface area contributed by atoms with Crippen LogP contribution in [-0.4, -0.2) is 68.3 Å². The molecular weight excluding hydrogens is 355 g/mol. The summed E-state index contributed by atoms with van der Waals surface area (Å²) < 4.78 is 37.6. The Morgan fingerprint density at radius 1 is 1.30 bits per heavy atom. The SMILES string of the molecule is CCNC(=NCc1cccc(CN(C)C)c1)NC1CCN(CC(F)(F)F)C1. The van der Waals surface area contributed by atoms with Crippen molar-refractivity contribution in [1.29, 1.82) is 0 Å². The first-order chi connectivity index (χ1) is 12.7. The number of likely N-dealkylation sites (tertiary alicyclic amines) is 1. The zero-order chi connectivity index (χ0) is 19.9. The number of alkyl halides is 3. The van der Waals surface area contributed by atoms with E-state index in [0.29, 0.717) is 38.6 Å². The lowest BCUT2D eigenvalue weighted by Gasteiger charge is -2.19. The molecule has 1 atom stereocenters. The van der Waals surface area contributed by atoms with Crippen LogP contribution in [0.4, 0.5) is 13.2 Å². The van der Waals surface area contributed by atoms with Gasteiger partial charge in [0.15, 0.2) is 5.96 Å². The van der Waals surface area contributed by atoms with Crippen LogP contribution in [0.3, 0.4) is 0 Å². The van der Waals surface area contributed by atoms with E-state index in [-0.39, 0.29) is 6.04 Å². The molecule has 27 heavy (non-hydrogen) atoms. The van der Waals surface area contributed by atoms with E-state index in [1.807, 2.05) is 33.2 Å². The molecule has 5 nitrogen and oxygen atoms in total. The van der Waals surface area contributed by atoms with Crippen LogP contribution in [-0.2, 0) is 13.1 Å². The minimum absolute atomic E-state index is 0.0229. The third kappa shape index (κ3) is 8.17. The van der Waals surface area contributed by atoms with Gasteiger partial charge in [0.1, 0.15) is 0 Å². The molecule has 1 saturated heterocycles.